The highest BCUT2D eigenvalue weighted by Gasteiger charge is 2.15. The van der Waals surface area contributed by atoms with Gasteiger partial charge in [-0.25, -0.2) is 4.98 Å². The van der Waals surface area contributed by atoms with Crippen LogP contribution in [0.3, 0.4) is 0 Å². The van der Waals surface area contributed by atoms with Crippen molar-refractivity contribution >= 4 is 17.2 Å². The summed E-state index contributed by atoms with van der Waals surface area (Å²) in [5.74, 6) is 0.880. The predicted octanol–water partition coefficient (Wildman–Crippen LogP) is 1.64. The topological polar surface area (TPSA) is 87.3 Å². The molecule has 24 heavy (non-hydrogen) atoms. The summed E-state index contributed by atoms with van der Waals surface area (Å²) < 4.78 is 5.39. The van der Waals surface area contributed by atoms with Gasteiger partial charge < -0.3 is 20.7 Å². The largest absolute Gasteiger partial charge is 0.398 e. The normalized spacial score (nSPS) is 14.6. The zero-order valence-electron chi connectivity index (χ0n) is 13.9. The van der Waals surface area contributed by atoms with Gasteiger partial charge in [0.1, 0.15) is 5.82 Å². The highest BCUT2D eigenvalue weighted by molar-refractivity contribution is 6.14. The van der Waals surface area contributed by atoms with Crippen molar-refractivity contribution in [2.24, 2.45) is 0 Å². The molecule has 1 aromatic heterocycles. The van der Waals surface area contributed by atoms with E-state index in [2.05, 4.69) is 15.2 Å². The molecule has 0 aliphatic carbocycles. The van der Waals surface area contributed by atoms with Crippen LogP contribution >= 0.6 is 0 Å². The first-order valence-electron chi connectivity index (χ1n) is 8.10. The molecule has 1 aliphatic rings. The van der Waals surface area contributed by atoms with E-state index in [9.17, 15) is 0 Å². The van der Waals surface area contributed by atoms with Gasteiger partial charge in [-0.2, -0.15) is 0 Å². The minimum absolute atomic E-state index is 0.419. The Kier molecular flexibility index (Phi) is 5.08. The maximum Gasteiger partial charge on any atom is 0.129 e. The smallest absolute Gasteiger partial charge is 0.129 e. The Morgan fingerprint density at radius 2 is 2.08 bits per heavy atom. The standard InChI is InChI=1S/C18H23N5O/c1-21-12-13-2-3-16(19)15(10-13)18(20)14-4-5-22-17(11-14)23-6-8-24-9-7-23/h2-5,10-11,20-21H,6-9,12,19H2,1H3. The van der Waals surface area contributed by atoms with Crippen LogP contribution in [-0.2, 0) is 11.3 Å². The minimum atomic E-state index is 0.419. The molecule has 0 radical (unpaired) electrons. The summed E-state index contributed by atoms with van der Waals surface area (Å²) in [6.07, 6.45) is 1.75. The van der Waals surface area contributed by atoms with Crippen molar-refractivity contribution in [3.8, 4) is 0 Å². The van der Waals surface area contributed by atoms with E-state index in [1.54, 1.807) is 6.20 Å². The average molecular weight is 325 g/mol. The molecular weight excluding hydrogens is 302 g/mol. The van der Waals surface area contributed by atoms with Gasteiger partial charge in [-0.15, -0.1) is 0 Å². The second-order valence-corrected chi connectivity index (χ2v) is 5.83. The highest BCUT2D eigenvalue weighted by atomic mass is 16.5. The van der Waals surface area contributed by atoms with E-state index in [4.69, 9.17) is 15.9 Å². The summed E-state index contributed by atoms with van der Waals surface area (Å²) in [4.78, 5) is 6.62. The fourth-order valence-corrected chi connectivity index (χ4v) is 2.83. The molecular formula is C18H23N5O. The Labute approximate surface area is 142 Å². The first kappa shape index (κ1) is 16.4. The first-order valence-corrected chi connectivity index (χ1v) is 8.10. The van der Waals surface area contributed by atoms with Gasteiger partial charge in [-0.3, -0.25) is 5.41 Å². The lowest BCUT2D eigenvalue weighted by Crippen LogP contribution is -2.36. The molecule has 0 saturated carbocycles. The summed E-state index contributed by atoms with van der Waals surface area (Å²) in [6.45, 7) is 3.81. The Balaban J connectivity index is 1.88. The average Bonchev–Trinajstić information content (AvgIpc) is 2.64. The number of nitrogen functional groups attached to an aromatic ring is 1. The molecule has 0 spiro atoms. The molecule has 6 heteroatoms. The van der Waals surface area contributed by atoms with Gasteiger partial charge in [-0.05, 0) is 36.9 Å². The van der Waals surface area contributed by atoms with Crippen LogP contribution in [-0.4, -0.2) is 44.0 Å². The first-order chi connectivity index (χ1) is 11.7. The Morgan fingerprint density at radius 1 is 1.29 bits per heavy atom. The lowest BCUT2D eigenvalue weighted by molar-refractivity contribution is 0.122. The van der Waals surface area contributed by atoms with Crippen LogP contribution in [0.4, 0.5) is 11.5 Å². The van der Waals surface area contributed by atoms with Gasteiger partial charge in [0.25, 0.3) is 0 Å². The van der Waals surface area contributed by atoms with Crippen LogP contribution in [0.25, 0.3) is 0 Å². The number of hydrogen-bond acceptors (Lipinski definition) is 6. The number of hydrogen-bond donors (Lipinski definition) is 3. The third-order valence-electron chi connectivity index (χ3n) is 4.14. The van der Waals surface area contributed by atoms with Crippen molar-refractivity contribution in [2.45, 2.75) is 6.54 Å². The summed E-state index contributed by atoms with van der Waals surface area (Å²) in [5.41, 5.74) is 9.81. The molecule has 0 unspecified atom stereocenters. The van der Waals surface area contributed by atoms with Crippen molar-refractivity contribution in [3.63, 3.8) is 0 Å². The van der Waals surface area contributed by atoms with E-state index in [-0.39, 0.29) is 0 Å². The number of aromatic nitrogens is 1. The predicted molar refractivity (Wildman–Crippen MR) is 96.8 cm³/mol. The molecule has 3 rings (SSSR count). The molecule has 0 amide bonds. The fourth-order valence-electron chi connectivity index (χ4n) is 2.83. The fraction of sp³-hybridized carbons (Fsp3) is 0.333. The molecule has 1 aromatic carbocycles. The maximum absolute atomic E-state index is 8.58. The van der Waals surface area contributed by atoms with E-state index in [0.29, 0.717) is 24.6 Å². The SMILES string of the molecule is CNCc1ccc(N)c(C(=N)c2ccnc(N3CCOCC3)c2)c1. The van der Waals surface area contributed by atoms with Crippen LogP contribution in [0.15, 0.2) is 36.5 Å². The van der Waals surface area contributed by atoms with Crippen molar-refractivity contribution in [1.82, 2.24) is 10.3 Å². The van der Waals surface area contributed by atoms with Gasteiger partial charge >= 0.3 is 0 Å². The van der Waals surface area contributed by atoms with E-state index >= 15 is 0 Å². The maximum atomic E-state index is 8.58. The van der Waals surface area contributed by atoms with Crippen LogP contribution in [0, 0.1) is 5.41 Å². The van der Waals surface area contributed by atoms with Crippen LogP contribution in [0.1, 0.15) is 16.7 Å². The van der Waals surface area contributed by atoms with Crippen LogP contribution in [0.5, 0.6) is 0 Å². The second-order valence-electron chi connectivity index (χ2n) is 5.83. The monoisotopic (exact) mass is 325 g/mol. The number of pyridine rings is 1. The Morgan fingerprint density at radius 3 is 2.83 bits per heavy atom. The number of nitrogens with zero attached hydrogens (tertiary/aromatic N) is 2. The number of morpholine rings is 1. The molecule has 2 heterocycles. The second kappa shape index (κ2) is 7.42. The van der Waals surface area contributed by atoms with Gasteiger partial charge in [0.05, 0.1) is 18.9 Å². The number of ether oxygens (including phenoxy) is 1. The molecule has 1 aliphatic heterocycles. The van der Waals surface area contributed by atoms with Crippen LogP contribution < -0.4 is 16.0 Å². The molecule has 1 saturated heterocycles. The molecule has 1 fully saturated rings. The number of anilines is 2. The summed E-state index contributed by atoms with van der Waals surface area (Å²) >= 11 is 0. The molecule has 0 atom stereocenters. The van der Waals surface area contributed by atoms with Crippen molar-refractivity contribution in [2.75, 3.05) is 44.0 Å². The third-order valence-corrected chi connectivity index (χ3v) is 4.14. The number of nitrogens with one attached hydrogen (secondary N) is 2. The zero-order chi connectivity index (χ0) is 16.9. The van der Waals surface area contributed by atoms with E-state index in [1.165, 1.54) is 0 Å². The summed E-state index contributed by atoms with van der Waals surface area (Å²) in [7, 11) is 1.90. The van der Waals surface area contributed by atoms with Crippen LogP contribution in [0.2, 0.25) is 0 Å². The summed E-state index contributed by atoms with van der Waals surface area (Å²) in [6, 6.07) is 9.63. The van der Waals surface area contributed by atoms with E-state index < -0.39 is 0 Å². The third kappa shape index (κ3) is 3.55. The van der Waals surface area contributed by atoms with E-state index in [1.807, 2.05) is 37.4 Å². The lowest BCUT2D eigenvalue weighted by atomic mass is 9.99. The lowest BCUT2D eigenvalue weighted by Gasteiger charge is -2.28. The van der Waals surface area contributed by atoms with Crippen molar-refractivity contribution < 1.29 is 4.74 Å². The zero-order valence-corrected chi connectivity index (χ0v) is 13.9. The highest BCUT2D eigenvalue weighted by Crippen LogP contribution is 2.21. The number of nitrogens with two attached hydrogens (primary N) is 1. The molecule has 2 aromatic rings. The quantitative estimate of drug-likeness (QED) is 0.574. The summed E-state index contributed by atoms with van der Waals surface area (Å²) in [5, 5.41) is 11.7. The Bertz CT molecular complexity index is 725. The molecule has 6 nitrogen and oxygen atoms in total. The van der Waals surface area contributed by atoms with E-state index in [0.717, 1.165) is 42.1 Å². The van der Waals surface area contributed by atoms with Gasteiger partial charge in [0, 0.05) is 42.6 Å². The molecule has 4 N–H and O–H groups in total. The molecule has 0 bridgehead atoms. The van der Waals surface area contributed by atoms with Crippen molar-refractivity contribution in [3.05, 3.63) is 53.2 Å². The number of rotatable bonds is 5. The van der Waals surface area contributed by atoms with Gasteiger partial charge in [0.2, 0.25) is 0 Å². The van der Waals surface area contributed by atoms with Crippen molar-refractivity contribution in [1.29, 1.82) is 5.41 Å². The minimum Gasteiger partial charge on any atom is -0.398 e. The molecule has 126 valence electrons. The van der Waals surface area contributed by atoms with Gasteiger partial charge in [-0.1, -0.05) is 6.07 Å². The Hall–Kier alpha value is -2.44. The van der Waals surface area contributed by atoms with Gasteiger partial charge in [0.15, 0.2) is 0 Å². The number of benzene rings is 1.